The van der Waals surface area contributed by atoms with Gasteiger partial charge >= 0.3 is 0 Å². The number of benzene rings is 1. The van der Waals surface area contributed by atoms with Gasteiger partial charge in [-0.15, -0.1) is 0 Å². The zero-order valence-electron chi connectivity index (χ0n) is 12.4. The average Bonchev–Trinajstić information content (AvgIpc) is 2.86. The number of nitrogens with zero attached hydrogens (tertiary/aromatic N) is 2. The van der Waals surface area contributed by atoms with Gasteiger partial charge in [-0.05, 0) is 18.4 Å². The summed E-state index contributed by atoms with van der Waals surface area (Å²) in [6.45, 7) is 4.84. The first-order valence-electron chi connectivity index (χ1n) is 6.90. The van der Waals surface area contributed by atoms with Crippen molar-refractivity contribution in [3.63, 3.8) is 0 Å². The fraction of sp³-hybridized carbons (Fsp3) is 0.429. The van der Waals surface area contributed by atoms with Crippen LogP contribution in [0, 0.1) is 16.0 Å². The molecule has 1 aromatic carbocycles. The highest BCUT2D eigenvalue weighted by atomic mass is 32.2. The highest BCUT2D eigenvalue weighted by molar-refractivity contribution is 7.99. The normalized spacial score (nSPS) is 11.0. The number of carbonyl (C=O) groups is 1. The zero-order valence-corrected chi connectivity index (χ0v) is 13.2. The van der Waals surface area contributed by atoms with E-state index in [1.807, 2.05) is 0 Å². The van der Waals surface area contributed by atoms with Crippen LogP contribution in [0.5, 0.6) is 0 Å². The summed E-state index contributed by atoms with van der Waals surface area (Å²) in [6.07, 6.45) is 0.933. The van der Waals surface area contributed by atoms with Crippen LogP contribution in [-0.4, -0.2) is 28.1 Å². The molecule has 22 heavy (non-hydrogen) atoms. The van der Waals surface area contributed by atoms with Crippen molar-refractivity contribution in [1.82, 2.24) is 10.3 Å². The fourth-order valence-electron chi connectivity index (χ4n) is 1.75. The average molecular weight is 323 g/mol. The predicted molar refractivity (Wildman–Crippen MR) is 83.9 cm³/mol. The highest BCUT2D eigenvalue weighted by Gasteiger charge is 2.13. The van der Waals surface area contributed by atoms with E-state index < -0.39 is 4.92 Å². The lowest BCUT2D eigenvalue weighted by atomic mass is 10.1. The Morgan fingerprint density at radius 2 is 2.27 bits per heavy atom. The summed E-state index contributed by atoms with van der Waals surface area (Å²) in [5, 5.41) is 13.9. The molecular weight excluding hydrogens is 306 g/mol. The van der Waals surface area contributed by atoms with Crippen LogP contribution in [0.2, 0.25) is 0 Å². The molecule has 0 spiro atoms. The fourth-order valence-corrected chi connectivity index (χ4v) is 2.42. The number of carbonyl (C=O) groups excluding carboxylic acids is 1. The second kappa shape index (κ2) is 7.26. The van der Waals surface area contributed by atoms with Gasteiger partial charge in [-0.25, -0.2) is 4.98 Å². The molecule has 1 N–H and O–H groups in total. The molecule has 1 aromatic heterocycles. The summed E-state index contributed by atoms with van der Waals surface area (Å²) >= 11 is 1.17. The van der Waals surface area contributed by atoms with Crippen LogP contribution in [0.25, 0.3) is 11.1 Å². The summed E-state index contributed by atoms with van der Waals surface area (Å²) in [4.78, 5) is 26.0. The van der Waals surface area contributed by atoms with E-state index in [2.05, 4.69) is 24.1 Å². The third kappa shape index (κ3) is 4.45. The number of hydrogen-bond acceptors (Lipinski definition) is 6. The molecule has 0 saturated carbocycles. The van der Waals surface area contributed by atoms with Gasteiger partial charge in [0.15, 0.2) is 5.58 Å². The number of hydrogen-bond donors (Lipinski definition) is 1. The van der Waals surface area contributed by atoms with Crippen molar-refractivity contribution < 1.29 is 14.1 Å². The molecule has 0 aliphatic rings. The van der Waals surface area contributed by atoms with Crippen LogP contribution < -0.4 is 5.32 Å². The minimum Gasteiger partial charge on any atom is -0.431 e. The third-order valence-electron chi connectivity index (χ3n) is 2.93. The van der Waals surface area contributed by atoms with Gasteiger partial charge in [0.1, 0.15) is 5.52 Å². The molecular formula is C14H17N3O4S. The van der Waals surface area contributed by atoms with Gasteiger partial charge in [0.05, 0.1) is 10.7 Å². The molecule has 0 unspecified atom stereocenters. The molecule has 2 rings (SSSR count). The molecule has 0 bridgehead atoms. The maximum Gasteiger partial charge on any atom is 0.271 e. The molecule has 0 aliphatic heterocycles. The molecule has 2 aromatic rings. The molecule has 0 aliphatic carbocycles. The smallest absolute Gasteiger partial charge is 0.271 e. The monoisotopic (exact) mass is 323 g/mol. The highest BCUT2D eigenvalue weighted by Crippen LogP contribution is 2.26. The summed E-state index contributed by atoms with van der Waals surface area (Å²) in [6, 6.07) is 4.22. The van der Waals surface area contributed by atoms with E-state index in [-0.39, 0.29) is 17.3 Å². The van der Waals surface area contributed by atoms with Crippen molar-refractivity contribution in [2.24, 2.45) is 5.92 Å². The van der Waals surface area contributed by atoms with E-state index in [0.29, 0.717) is 28.8 Å². The second-order valence-electron chi connectivity index (χ2n) is 5.21. The number of rotatable bonds is 7. The SMILES string of the molecule is CC(C)CCNC(=O)CSc1nc2cc([N+](=O)[O-])ccc2o1. The molecule has 118 valence electrons. The Morgan fingerprint density at radius 3 is 2.95 bits per heavy atom. The van der Waals surface area contributed by atoms with Crippen LogP contribution in [-0.2, 0) is 4.79 Å². The molecule has 0 radical (unpaired) electrons. The van der Waals surface area contributed by atoms with Crippen molar-refractivity contribution in [3.8, 4) is 0 Å². The second-order valence-corrected chi connectivity index (χ2v) is 6.14. The Hall–Kier alpha value is -2.09. The number of thioether (sulfide) groups is 1. The van der Waals surface area contributed by atoms with Gasteiger partial charge in [-0.3, -0.25) is 14.9 Å². The maximum absolute atomic E-state index is 11.7. The number of nitrogens with one attached hydrogen (secondary N) is 1. The number of nitro benzene ring substituents is 1. The topological polar surface area (TPSA) is 98.3 Å². The number of fused-ring (bicyclic) bond motifs is 1. The van der Waals surface area contributed by atoms with Gasteiger partial charge in [0.25, 0.3) is 10.9 Å². The van der Waals surface area contributed by atoms with E-state index in [9.17, 15) is 14.9 Å². The minimum atomic E-state index is -0.483. The van der Waals surface area contributed by atoms with E-state index in [4.69, 9.17) is 4.42 Å². The van der Waals surface area contributed by atoms with Crippen LogP contribution in [0.15, 0.2) is 27.8 Å². The number of non-ortho nitro benzene ring substituents is 1. The van der Waals surface area contributed by atoms with E-state index in [1.165, 1.54) is 30.0 Å². The lowest BCUT2D eigenvalue weighted by Crippen LogP contribution is -2.26. The Bertz CT molecular complexity index is 684. The molecule has 0 fully saturated rings. The Labute approximate surface area is 131 Å². The van der Waals surface area contributed by atoms with Gasteiger partial charge in [0.2, 0.25) is 5.91 Å². The number of oxazole rings is 1. The third-order valence-corrected chi connectivity index (χ3v) is 3.76. The van der Waals surface area contributed by atoms with Crippen molar-refractivity contribution in [3.05, 3.63) is 28.3 Å². The molecule has 0 saturated heterocycles. The first-order chi connectivity index (χ1) is 10.5. The Balaban J connectivity index is 1.92. The van der Waals surface area contributed by atoms with Gasteiger partial charge in [0, 0.05) is 18.7 Å². The van der Waals surface area contributed by atoms with Crippen molar-refractivity contribution in [1.29, 1.82) is 0 Å². The summed E-state index contributed by atoms with van der Waals surface area (Å²) in [5.41, 5.74) is 0.842. The first-order valence-corrected chi connectivity index (χ1v) is 7.88. The molecule has 8 heteroatoms. The Morgan fingerprint density at radius 1 is 1.50 bits per heavy atom. The maximum atomic E-state index is 11.7. The number of amides is 1. The standard InChI is InChI=1S/C14H17N3O4S/c1-9(2)5-6-15-13(18)8-22-14-16-11-7-10(17(19)20)3-4-12(11)21-14/h3-4,7,9H,5-6,8H2,1-2H3,(H,15,18). The first kappa shape index (κ1) is 16.3. The van der Waals surface area contributed by atoms with Crippen molar-refractivity contribution in [2.45, 2.75) is 25.5 Å². The summed E-state index contributed by atoms with van der Waals surface area (Å²) in [5.74, 6) is 0.659. The summed E-state index contributed by atoms with van der Waals surface area (Å²) < 4.78 is 5.45. The van der Waals surface area contributed by atoms with Crippen LogP contribution in [0.4, 0.5) is 5.69 Å². The number of nitro groups is 1. The van der Waals surface area contributed by atoms with Gasteiger partial charge < -0.3 is 9.73 Å². The van der Waals surface area contributed by atoms with E-state index >= 15 is 0 Å². The zero-order chi connectivity index (χ0) is 16.1. The lowest BCUT2D eigenvalue weighted by Gasteiger charge is -2.05. The van der Waals surface area contributed by atoms with E-state index in [0.717, 1.165) is 6.42 Å². The van der Waals surface area contributed by atoms with Gasteiger partial charge in [-0.2, -0.15) is 0 Å². The molecule has 1 heterocycles. The van der Waals surface area contributed by atoms with E-state index in [1.54, 1.807) is 0 Å². The van der Waals surface area contributed by atoms with Crippen molar-refractivity contribution >= 4 is 34.5 Å². The van der Waals surface area contributed by atoms with Gasteiger partial charge in [-0.1, -0.05) is 25.6 Å². The molecule has 7 nitrogen and oxygen atoms in total. The predicted octanol–water partition coefficient (Wildman–Crippen LogP) is 2.99. The largest absolute Gasteiger partial charge is 0.431 e. The lowest BCUT2D eigenvalue weighted by molar-refractivity contribution is -0.384. The molecule has 0 atom stereocenters. The summed E-state index contributed by atoms with van der Waals surface area (Å²) in [7, 11) is 0. The van der Waals surface area contributed by atoms with Crippen LogP contribution in [0.1, 0.15) is 20.3 Å². The Kier molecular flexibility index (Phi) is 5.37. The number of aromatic nitrogens is 1. The quantitative estimate of drug-likeness (QED) is 0.478. The van der Waals surface area contributed by atoms with Crippen LogP contribution >= 0.6 is 11.8 Å². The minimum absolute atomic E-state index is 0.0382. The molecule has 1 amide bonds. The van der Waals surface area contributed by atoms with Crippen LogP contribution in [0.3, 0.4) is 0 Å². The van der Waals surface area contributed by atoms with Crippen molar-refractivity contribution in [2.75, 3.05) is 12.3 Å².